The molecule has 1 aliphatic heterocycles. The summed E-state index contributed by atoms with van der Waals surface area (Å²) in [6, 6.07) is 7.78. The fourth-order valence-electron chi connectivity index (χ4n) is 2.34. The molecular weight excluding hydrogens is 355 g/mol. The van der Waals surface area contributed by atoms with E-state index in [1.165, 1.54) is 0 Å². The number of halogens is 1. The van der Waals surface area contributed by atoms with Crippen molar-refractivity contribution in [2.24, 2.45) is 5.73 Å². The van der Waals surface area contributed by atoms with E-state index >= 15 is 0 Å². The zero-order chi connectivity index (χ0) is 17.3. The van der Waals surface area contributed by atoms with Crippen molar-refractivity contribution in [1.82, 2.24) is 0 Å². The lowest BCUT2D eigenvalue weighted by Crippen LogP contribution is -2.41. The largest absolute Gasteiger partial charge is 0.491 e. The minimum absolute atomic E-state index is 0.329. The maximum absolute atomic E-state index is 9.11. The van der Waals surface area contributed by atoms with Crippen LogP contribution in [0.5, 0.6) is 0 Å². The highest BCUT2D eigenvalue weighted by molar-refractivity contribution is 9.08. The van der Waals surface area contributed by atoms with Crippen LogP contribution < -0.4 is 5.73 Å². The number of hydrogen-bond acceptors (Lipinski definition) is 4. The molecule has 0 aliphatic carbocycles. The lowest BCUT2D eigenvalue weighted by molar-refractivity contribution is 0.00578. The minimum atomic E-state index is -0.473. The van der Waals surface area contributed by atoms with E-state index in [2.05, 4.69) is 22.0 Å². The molecule has 0 radical (unpaired) electrons. The van der Waals surface area contributed by atoms with Crippen LogP contribution in [0.25, 0.3) is 6.08 Å². The second-order valence-corrected chi connectivity index (χ2v) is 7.23. The van der Waals surface area contributed by atoms with Gasteiger partial charge >= 0.3 is 7.12 Å². The molecule has 1 aliphatic rings. The first-order valence-electron chi connectivity index (χ1n) is 7.59. The van der Waals surface area contributed by atoms with Crippen molar-refractivity contribution < 1.29 is 9.31 Å². The molecule has 0 amide bonds. The highest BCUT2D eigenvalue weighted by atomic mass is 79.9. The fourth-order valence-corrected chi connectivity index (χ4v) is 2.85. The Morgan fingerprint density at radius 3 is 2.39 bits per heavy atom. The van der Waals surface area contributed by atoms with Crippen LogP contribution in [0, 0.1) is 11.3 Å². The molecule has 1 fully saturated rings. The SMILES string of the molecule is CC1(C)OB(C(=Cc2cc(C#N)ccc2CBr)CN)OC1(C)C. The maximum Gasteiger partial charge on any atom is 0.491 e. The van der Waals surface area contributed by atoms with Gasteiger partial charge in [0.25, 0.3) is 0 Å². The van der Waals surface area contributed by atoms with Crippen LogP contribution >= 0.6 is 15.9 Å². The predicted octanol–water partition coefficient (Wildman–Crippen LogP) is 3.43. The molecular formula is C17H22BBrN2O2. The minimum Gasteiger partial charge on any atom is -0.400 e. The normalized spacial score (nSPS) is 19.7. The number of nitrogens with zero attached hydrogens (tertiary/aromatic N) is 1. The van der Waals surface area contributed by atoms with Gasteiger partial charge in [0.15, 0.2) is 0 Å². The van der Waals surface area contributed by atoms with Gasteiger partial charge in [0.2, 0.25) is 0 Å². The van der Waals surface area contributed by atoms with Gasteiger partial charge in [-0.2, -0.15) is 5.26 Å². The van der Waals surface area contributed by atoms with Gasteiger partial charge in [-0.1, -0.05) is 28.1 Å². The van der Waals surface area contributed by atoms with Crippen LogP contribution in [0.3, 0.4) is 0 Å². The molecule has 1 heterocycles. The molecule has 2 N–H and O–H groups in total. The zero-order valence-corrected chi connectivity index (χ0v) is 15.6. The molecule has 1 saturated heterocycles. The van der Waals surface area contributed by atoms with Crippen LogP contribution in [-0.2, 0) is 14.6 Å². The summed E-state index contributed by atoms with van der Waals surface area (Å²) in [5, 5.41) is 9.81. The first-order chi connectivity index (χ1) is 10.7. The van der Waals surface area contributed by atoms with Gasteiger partial charge < -0.3 is 15.0 Å². The standard InChI is InChI=1S/C17H22BBrN2O2/c1-16(2)17(3,4)23-18(22-16)15(11-21)8-14-7-12(10-20)5-6-13(14)9-19/h5-8H,9,11,21H2,1-4H3. The molecule has 122 valence electrons. The van der Waals surface area contributed by atoms with E-state index in [9.17, 15) is 0 Å². The number of nitriles is 1. The van der Waals surface area contributed by atoms with Crippen LogP contribution in [0.1, 0.15) is 44.4 Å². The number of rotatable bonds is 4. The maximum atomic E-state index is 9.11. The first kappa shape index (κ1) is 18.2. The van der Waals surface area contributed by atoms with Gasteiger partial charge in [-0.3, -0.25) is 0 Å². The molecule has 23 heavy (non-hydrogen) atoms. The topological polar surface area (TPSA) is 68.3 Å². The molecule has 0 aromatic heterocycles. The van der Waals surface area contributed by atoms with E-state index < -0.39 is 18.3 Å². The quantitative estimate of drug-likeness (QED) is 0.645. The summed E-state index contributed by atoms with van der Waals surface area (Å²) in [5.41, 5.74) is 8.65. The molecule has 0 spiro atoms. The van der Waals surface area contributed by atoms with E-state index in [4.69, 9.17) is 20.3 Å². The summed E-state index contributed by atoms with van der Waals surface area (Å²) in [4.78, 5) is 0. The average molecular weight is 377 g/mol. The highest BCUT2D eigenvalue weighted by Crippen LogP contribution is 2.38. The number of alkyl halides is 1. The molecule has 0 bridgehead atoms. The summed E-state index contributed by atoms with van der Waals surface area (Å²) in [6.07, 6.45) is 1.97. The molecule has 0 atom stereocenters. The van der Waals surface area contributed by atoms with E-state index in [0.29, 0.717) is 17.4 Å². The molecule has 0 unspecified atom stereocenters. The second kappa shape index (κ2) is 6.78. The van der Waals surface area contributed by atoms with Crippen molar-refractivity contribution in [3.63, 3.8) is 0 Å². The molecule has 6 heteroatoms. The monoisotopic (exact) mass is 376 g/mol. The summed E-state index contributed by atoms with van der Waals surface area (Å²) in [7, 11) is -0.473. The van der Waals surface area contributed by atoms with Crippen LogP contribution in [0.2, 0.25) is 0 Å². The van der Waals surface area contributed by atoms with E-state index in [-0.39, 0.29) is 0 Å². The highest BCUT2D eigenvalue weighted by Gasteiger charge is 2.52. The van der Waals surface area contributed by atoms with Crippen LogP contribution in [-0.4, -0.2) is 24.9 Å². The van der Waals surface area contributed by atoms with E-state index in [1.807, 2.05) is 52.0 Å². The first-order valence-corrected chi connectivity index (χ1v) is 8.71. The average Bonchev–Trinajstić information content (AvgIpc) is 2.72. The Labute approximate surface area is 146 Å². The van der Waals surface area contributed by atoms with Crippen molar-refractivity contribution in [1.29, 1.82) is 5.26 Å². The Bertz CT molecular complexity index is 649. The Morgan fingerprint density at radius 1 is 1.30 bits per heavy atom. The van der Waals surface area contributed by atoms with Crippen molar-refractivity contribution in [2.75, 3.05) is 6.54 Å². The lowest BCUT2D eigenvalue weighted by atomic mass is 9.76. The number of hydrogen-bond donors (Lipinski definition) is 1. The Kier molecular flexibility index (Phi) is 5.37. The van der Waals surface area contributed by atoms with Gasteiger partial charge in [0.1, 0.15) is 0 Å². The van der Waals surface area contributed by atoms with Gasteiger partial charge in [0.05, 0.1) is 22.8 Å². The third-order valence-electron chi connectivity index (χ3n) is 4.55. The van der Waals surface area contributed by atoms with Crippen LogP contribution in [0.4, 0.5) is 0 Å². The van der Waals surface area contributed by atoms with E-state index in [1.54, 1.807) is 0 Å². The van der Waals surface area contributed by atoms with E-state index in [0.717, 1.165) is 16.6 Å². The fraction of sp³-hybridized carbons (Fsp3) is 0.471. The Hall–Kier alpha value is -1.13. The third kappa shape index (κ3) is 3.69. The predicted molar refractivity (Wildman–Crippen MR) is 96.9 cm³/mol. The Morgan fingerprint density at radius 2 is 1.91 bits per heavy atom. The smallest absolute Gasteiger partial charge is 0.400 e. The van der Waals surface area contributed by atoms with Gasteiger partial charge in [-0.25, -0.2) is 0 Å². The Balaban J connectivity index is 2.39. The van der Waals surface area contributed by atoms with Crippen molar-refractivity contribution in [3.8, 4) is 6.07 Å². The number of benzene rings is 1. The zero-order valence-electron chi connectivity index (χ0n) is 14.0. The summed E-state index contributed by atoms with van der Waals surface area (Å²) >= 11 is 3.48. The van der Waals surface area contributed by atoms with Crippen molar-refractivity contribution in [3.05, 3.63) is 40.4 Å². The van der Waals surface area contributed by atoms with Gasteiger partial charge in [-0.15, -0.1) is 0 Å². The summed E-state index contributed by atoms with van der Waals surface area (Å²) in [5.74, 6) is 0. The van der Waals surface area contributed by atoms with Crippen LogP contribution in [0.15, 0.2) is 23.7 Å². The van der Waals surface area contributed by atoms with Crippen molar-refractivity contribution >= 4 is 29.1 Å². The van der Waals surface area contributed by atoms with Crippen molar-refractivity contribution in [2.45, 2.75) is 44.2 Å². The van der Waals surface area contributed by atoms with Gasteiger partial charge in [0, 0.05) is 11.9 Å². The van der Waals surface area contributed by atoms with Gasteiger partial charge in [-0.05, 0) is 56.4 Å². The summed E-state index contributed by atoms with van der Waals surface area (Å²) < 4.78 is 12.1. The molecule has 1 aromatic carbocycles. The number of nitrogens with two attached hydrogens (primary N) is 1. The lowest BCUT2D eigenvalue weighted by Gasteiger charge is -2.32. The molecule has 4 nitrogen and oxygen atoms in total. The third-order valence-corrected chi connectivity index (χ3v) is 5.16. The molecule has 2 rings (SSSR count). The molecule has 0 saturated carbocycles. The molecule has 1 aromatic rings. The summed E-state index contributed by atoms with van der Waals surface area (Å²) in [6.45, 7) is 8.39. The second-order valence-electron chi connectivity index (χ2n) is 6.67.